The first-order chi connectivity index (χ1) is 14.3. The van der Waals surface area contributed by atoms with Crippen LogP contribution in [0.15, 0.2) is 27.8 Å². The third kappa shape index (κ3) is 4.78. The molecule has 0 amide bonds. The maximum absolute atomic E-state index is 12.4. The number of rotatable bonds is 9. The normalized spacial score (nSPS) is 12.3. The molecule has 0 radical (unpaired) electrons. The van der Waals surface area contributed by atoms with Crippen LogP contribution in [0.4, 0.5) is 5.95 Å². The Morgan fingerprint density at radius 2 is 2.10 bits per heavy atom. The van der Waals surface area contributed by atoms with Crippen molar-refractivity contribution in [2.24, 2.45) is 7.05 Å². The van der Waals surface area contributed by atoms with E-state index < -0.39 is 17.4 Å². The third-order valence-electron chi connectivity index (χ3n) is 4.34. The van der Waals surface area contributed by atoms with E-state index in [0.717, 1.165) is 0 Å². The summed E-state index contributed by atoms with van der Waals surface area (Å²) in [5, 5.41) is 23.3. The van der Waals surface area contributed by atoms with E-state index in [0.29, 0.717) is 28.8 Å². The molecule has 1 unspecified atom stereocenters. The largest absolute Gasteiger partial charge is 0.489 e. The lowest BCUT2D eigenvalue weighted by Crippen LogP contribution is -2.31. The first kappa shape index (κ1) is 22.2. The van der Waals surface area contributed by atoms with Crippen LogP contribution in [-0.4, -0.2) is 55.2 Å². The van der Waals surface area contributed by atoms with E-state index in [4.69, 9.17) is 33.0 Å². The number of aliphatic hydroxyl groups excluding tert-OH is 2. The summed E-state index contributed by atoms with van der Waals surface area (Å²) < 4.78 is 8.24. The second kappa shape index (κ2) is 9.52. The fourth-order valence-corrected chi connectivity index (χ4v) is 3.33. The predicted molar refractivity (Wildman–Crippen MR) is 114 cm³/mol. The summed E-state index contributed by atoms with van der Waals surface area (Å²) in [5.41, 5.74) is -0.915. The Labute approximate surface area is 180 Å². The van der Waals surface area contributed by atoms with Crippen LogP contribution in [0.3, 0.4) is 0 Å². The zero-order valence-corrected chi connectivity index (χ0v) is 17.6. The number of anilines is 1. The summed E-state index contributed by atoms with van der Waals surface area (Å²) in [6.45, 7) is 0.217. The minimum atomic E-state index is -1.02. The van der Waals surface area contributed by atoms with E-state index in [9.17, 15) is 14.7 Å². The minimum absolute atomic E-state index is 0.0232. The molecule has 4 N–H and O–H groups in total. The number of benzene rings is 1. The smallest absolute Gasteiger partial charge is 0.329 e. The SMILES string of the molecule is Cn1c(=O)[nH]c(=O)c2c1nc(NCCCO)n2CC(O)COc1ccc(Cl)cc1Cl. The number of aliphatic hydroxyl groups is 2. The van der Waals surface area contributed by atoms with Crippen molar-refractivity contribution in [3.63, 3.8) is 0 Å². The predicted octanol–water partition coefficient (Wildman–Crippen LogP) is 0.964. The Balaban J connectivity index is 1.87. The van der Waals surface area contributed by atoms with Crippen molar-refractivity contribution >= 4 is 40.3 Å². The van der Waals surface area contributed by atoms with Gasteiger partial charge in [0.15, 0.2) is 11.2 Å². The van der Waals surface area contributed by atoms with E-state index in [1.54, 1.807) is 12.1 Å². The van der Waals surface area contributed by atoms with E-state index in [2.05, 4.69) is 15.3 Å². The molecule has 12 heteroatoms. The molecule has 0 saturated heterocycles. The molecule has 0 aliphatic heterocycles. The molecule has 2 heterocycles. The number of nitrogens with one attached hydrogen (secondary N) is 2. The second-order valence-electron chi connectivity index (χ2n) is 6.58. The van der Waals surface area contributed by atoms with E-state index in [1.165, 1.54) is 22.2 Å². The molecule has 1 aromatic carbocycles. The summed E-state index contributed by atoms with van der Waals surface area (Å²) in [6, 6.07) is 4.73. The molecule has 0 bridgehead atoms. The van der Waals surface area contributed by atoms with Crippen molar-refractivity contribution in [1.29, 1.82) is 0 Å². The van der Waals surface area contributed by atoms with E-state index in [1.807, 2.05) is 0 Å². The number of hydrogen-bond donors (Lipinski definition) is 4. The number of ether oxygens (including phenoxy) is 1. The molecule has 0 aliphatic carbocycles. The maximum atomic E-state index is 12.4. The molecule has 30 heavy (non-hydrogen) atoms. The maximum Gasteiger partial charge on any atom is 0.329 e. The Morgan fingerprint density at radius 1 is 1.33 bits per heavy atom. The third-order valence-corrected chi connectivity index (χ3v) is 4.87. The van der Waals surface area contributed by atoms with Crippen molar-refractivity contribution in [2.45, 2.75) is 19.1 Å². The molecular weight excluding hydrogens is 437 g/mol. The highest BCUT2D eigenvalue weighted by molar-refractivity contribution is 6.35. The molecule has 10 nitrogen and oxygen atoms in total. The van der Waals surface area contributed by atoms with Gasteiger partial charge < -0.3 is 24.8 Å². The number of halogens is 2. The molecule has 0 saturated carbocycles. The summed E-state index contributed by atoms with van der Waals surface area (Å²) in [7, 11) is 1.48. The van der Waals surface area contributed by atoms with Crippen molar-refractivity contribution in [3.8, 4) is 5.75 Å². The number of aromatic nitrogens is 4. The fourth-order valence-electron chi connectivity index (χ4n) is 2.87. The molecule has 3 rings (SSSR count). The Kier molecular flexibility index (Phi) is 7.03. The van der Waals surface area contributed by atoms with Crippen LogP contribution in [0.25, 0.3) is 11.2 Å². The average Bonchev–Trinajstić information content (AvgIpc) is 3.04. The van der Waals surface area contributed by atoms with Gasteiger partial charge in [0.05, 0.1) is 11.6 Å². The average molecular weight is 458 g/mol. The molecular formula is C18H21Cl2N5O5. The molecule has 1 atom stereocenters. The zero-order valence-electron chi connectivity index (χ0n) is 16.1. The highest BCUT2D eigenvalue weighted by Gasteiger charge is 2.20. The first-order valence-electron chi connectivity index (χ1n) is 9.12. The molecule has 2 aromatic heterocycles. The number of hydrogen-bond acceptors (Lipinski definition) is 7. The number of fused-ring (bicyclic) bond motifs is 1. The van der Waals surface area contributed by atoms with E-state index in [-0.39, 0.29) is 36.9 Å². The van der Waals surface area contributed by atoms with Gasteiger partial charge in [-0.15, -0.1) is 0 Å². The lowest BCUT2D eigenvalue weighted by molar-refractivity contribution is 0.0939. The van der Waals surface area contributed by atoms with Gasteiger partial charge in [-0.1, -0.05) is 23.2 Å². The second-order valence-corrected chi connectivity index (χ2v) is 7.42. The van der Waals surface area contributed by atoms with E-state index >= 15 is 0 Å². The van der Waals surface area contributed by atoms with Crippen molar-refractivity contribution < 1.29 is 14.9 Å². The highest BCUT2D eigenvalue weighted by atomic mass is 35.5. The van der Waals surface area contributed by atoms with Gasteiger partial charge in [-0.2, -0.15) is 4.98 Å². The van der Waals surface area contributed by atoms with Gasteiger partial charge in [0.1, 0.15) is 18.5 Å². The number of aromatic amines is 1. The van der Waals surface area contributed by atoms with Gasteiger partial charge in [0.2, 0.25) is 5.95 Å². The Hall–Kier alpha value is -2.53. The van der Waals surface area contributed by atoms with Crippen LogP contribution >= 0.6 is 23.2 Å². The van der Waals surface area contributed by atoms with Gasteiger partial charge >= 0.3 is 5.69 Å². The van der Waals surface area contributed by atoms with Crippen LogP contribution in [0.5, 0.6) is 5.75 Å². The minimum Gasteiger partial charge on any atom is -0.489 e. The van der Waals surface area contributed by atoms with Crippen LogP contribution in [-0.2, 0) is 13.6 Å². The van der Waals surface area contributed by atoms with Crippen LogP contribution in [0.2, 0.25) is 10.0 Å². The summed E-state index contributed by atoms with van der Waals surface area (Å²) in [4.78, 5) is 30.9. The summed E-state index contributed by atoms with van der Waals surface area (Å²) in [5.74, 6) is 0.644. The van der Waals surface area contributed by atoms with Gasteiger partial charge in [-0.05, 0) is 24.6 Å². The summed E-state index contributed by atoms with van der Waals surface area (Å²) in [6.07, 6.45) is -0.566. The number of H-pyrrole nitrogens is 1. The van der Waals surface area contributed by atoms with Gasteiger partial charge in [0.25, 0.3) is 5.56 Å². The monoisotopic (exact) mass is 457 g/mol. The molecule has 0 spiro atoms. The highest BCUT2D eigenvalue weighted by Crippen LogP contribution is 2.27. The van der Waals surface area contributed by atoms with Crippen molar-refractivity contribution in [1.82, 2.24) is 19.1 Å². The Morgan fingerprint density at radius 3 is 2.80 bits per heavy atom. The van der Waals surface area contributed by atoms with Crippen molar-refractivity contribution in [2.75, 3.05) is 25.1 Å². The van der Waals surface area contributed by atoms with Crippen LogP contribution < -0.4 is 21.3 Å². The lowest BCUT2D eigenvalue weighted by Gasteiger charge is -2.16. The van der Waals surface area contributed by atoms with Gasteiger partial charge in [-0.25, -0.2) is 4.79 Å². The number of nitrogens with zero attached hydrogens (tertiary/aromatic N) is 3. The quantitative estimate of drug-likeness (QED) is 0.351. The topological polar surface area (TPSA) is 134 Å². The standard InChI is InChI=1S/C18H21Cl2N5O5/c1-24-15-14(16(28)23-18(24)29)25(17(22-15)21-5-2-6-26)8-11(27)9-30-13-4-3-10(19)7-12(13)20/h3-4,7,11,26-27H,2,5-6,8-9H2,1H3,(H,21,22)(H,23,28,29). The number of aryl methyl sites for hydroxylation is 1. The van der Waals surface area contributed by atoms with Gasteiger partial charge in [-0.3, -0.25) is 14.3 Å². The lowest BCUT2D eigenvalue weighted by atomic mass is 10.3. The first-order valence-corrected chi connectivity index (χ1v) is 9.87. The molecule has 162 valence electrons. The summed E-state index contributed by atoms with van der Waals surface area (Å²) >= 11 is 11.9. The van der Waals surface area contributed by atoms with Crippen LogP contribution in [0, 0.1) is 0 Å². The Bertz CT molecular complexity index is 1160. The van der Waals surface area contributed by atoms with Crippen LogP contribution in [0.1, 0.15) is 6.42 Å². The fraction of sp³-hybridized carbons (Fsp3) is 0.389. The molecule has 0 aliphatic rings. The van der Waals surface area contributed by atoms with Gasteiger partial charge in [0, 0.05) is 25.2 Å². The number of imidazole rings is 1. The molecule has 0 fully saturated rings. The molecule has 3 aromatic rings. The van der Waals surface area contributed by atoms with Crippen molar-refractivity contribution in [3.05, 3.63) is 49.1 Å². The zero-order chi connectivity index (χ0) is 21.8.